The van der Waals surface area contributed by atoms with E-state index in [0.29, 0.717) is 24.1 Å². The molecule has 3 rings (SSSR count). The van der Waals surface area contributed by atoms with Gasteiger partial charge in [-0.05, 0) is 49.8 Å². The lowest BCUT2D eigenvalue weighted by Gasteiger charge is -2.12. The zero-order valence-corrected chi connectivity index (χ0v) is 16.4. The third kappa shape index (κ3) is 6.43. The summed E-state index contributed by atoms with van der Waals surface area (Å²) in [6.07, 6.45) is 8.72. The van der Waals surface area contributed by atoms with Gasteiger partial charge in [0.2, 0.25) is 11.8 Å². The van der Waals surface area contributed by atoms with Gasteiger partial charge in [0.15, 0.2) is 0 Å². The first-order valence-corrected chi connectivity index (χ1v) is 10.2. The Kier molecular flexibility index (Phi) is 7.33. The van der Waals surface area contributed by atoms with E-state index in [-0.39, 0.29) is 11.7 Å². The molecule has 1 aliphatic rings. The summed E-state index contributed by atoms with van der Waals surface area (Å²) in [4.78, 5) is 12.0. The summed E-state index contributed by atoms with van der Waals surface area (Å²) in [6, 6.07) is 7.72. The van der Waals surface area contributed by atoms with Gasteiger partial charge in [0.1, 0.15) is 5.75 Å². The Labute approximate surface area is 163 Å². The molecule has 1 aliphatic carbocycles. The fourth-order valence-corrected chi connectivity index (χ4v) is 3.57. The minimum Gasteiger partial charge on any atom is -0.497 e. The van der Waals surface area contributed by atoms with Crippen LogP contribution in [0.4, 0.5) is 0 Å². The molecule has 7 heteroatoms. The SMILES string of the molecule is COc1ccc(Cc2nnc(SCC(=O)NCCC3=CCCCC3)o2)cc1. The fourth-order valence-electron chi connectivity index (χ4n) is 2.96. The number of nitrogens with zero attached hydrogens (tertiary/aromatic N) is 2. The fraction of sp³-hybridized carbons (Fsp3) is 0.450. The molecule has 2 aromatic rings. The molecule has 6 nitrogen and oxygen atoms in total. The van der Waals surface area contributed by atoms with Gasteiger partial charge in [-0.3, -0.25) is 4.79 Å². The van der Waals surface area contributed by atoms with Crippen molar-refractivity contribution in [2.75, 3.05) is 19.4 Å². The van der Waals surface area contributed by atoms with Crippen LogP contribution in [0, 0.1) is 0 Å². The predicted octanol–water partition coefficient (Wildman–Crippen LogP) is 3.77. The average molecular weight is 388 g/mol. The molecule has 1 heterocycles. The smallest absolute Gasteiger partial charge is 0.277 e. The minimum absolute atomic E-state index is 0.00804. The van der Waals surface area contributed by atoms with E-state index in [1.165, 1.54) is 43.0 Å². The predicted molar refractivity (Wildman–Crippen MR) is 105 cm³/mol. The second-order valence-corrected chi connectivity index (χ2v) is 7.41. The van der Waals surface area contributed by atoms with Crippen molar-refractivity contribution in [2.24, 2.45) is 0 Å². The van der Waals surface area contributed by atoms with Crippen LogP contribution < -0.4 is 10.1 Å². The van der Waals surface area contributed by atoms with E-state index in [2.05, 4.69) is 21.6 Å². The number of nitrogens with one attached hydrogen (secondary N) is 1. The monoisotopic (exact) mass is 387 g/mol. The lowest BCUT2D eigenvalue weighted by molar-refractivity contribution is -0.118. The van der Waals surface area contributed by atoms with Gasteiger partial charge in [0, 0.05) is 6.54 Å². The number of thioether (sulfide) groups is 1. The Balaban J connectivity index is 1.38. The molecule has 0 fully saturated rings. The van der Waals surface area contributed by atoms with Crippen LogP contribution in [0.2, 0.25) is 0 Å². The Bertz CT molecular complexity index is 771. The number of hydrogen-bond donors (Lipinski definition) is 1. The number of methoxy groups -OCH3 is 1. The van der Waals surface area contributed by atoms with Crippen molar-refractivity contribution in [1.29, 1.82) is 0 Å². The topological polar surface area (TPSA) is 77.2 Å². The van der Waals surface area contributed by atoms with Crippen molar-refractivity contribution >= 4 is 17.7 Å². The van der Waals surface area contributed by atoms with Crippen molar-refractivity contribution in [3.8, 4) is 5.75 Å². The van der Waals surface area contributed by atoms with Crippen molar-refractivity contribution in [3.63, 3.8) is 0 Å². The molecule has 1 aromatic heterocycles. The van der Waals surface area contributed by atoms with Crippen LogP contribution in [0.25, 0.3) is 0 Å². The van der Waals surface area contributed by atoms with E-state index in [1.807, 2.05) is 24.3 Å². The molecule has 0 radical (unpaired) electrons. The maximum absolute atomic E-state index is 12.0. The molecular formula is C20H25N3O3S. The first-order chi connectivity index (χ1) is 13.2. The van der Waals surface area contributed by atoms with E-state index in [0.717, 1.165) is 17.7 Å². The van der Waals surface area contributed by atoms with E-state index >= 15 is 0 Å². The van der Waals surface area contributed by atoms with Gasteiger partial charge in [-0.2, -0.15) is 0 Å². The van der Waals surface area contributed by atoms with Crippen molar-refractivity contribution < 1.29 is 13.9 Å². The summed E-state index contributed by atoms with van der Waals surface area (Å²) in [6.45, 7) is 0.692. The Morgan fingerprint density at radius 3 is 2.85 bits per heavy atom. The summed E-state index contributed by atoms with van der Waals surface area (Å²) in [5, 5.41) is 11.4. The standard InChI is InChI=1S/C20H25N3O3S/c1-25-17-9-7-16(8-10-17)13-19-22-23-20(26-19)27-14-18(24)21-12-11-15-5-3-2-4-6-15/h5,7-10H,2-4,6,11-14H2,1H3,(H,21,24). The zero-order chi connectivity index (χ0) is 18.9. The van der Waals surface area contributed by atoms with Crippen LogP contribution in [0.1, 0.15) is 43.6 Å². The lowest BCUT2D eigenvalue weighted by atomic mass is 9.97. The summed E-state index contributed by atoms with van der Waals surface area (Å²) in [7, 11) is 1.64. The van der Waals surface area contributed by atoms with E-state index in [1.54, 1.807) is 7.11 Å². The van der Waals surface area contributed by atoms with Crippen LogP contribution in [0.15, 0.2) is 45.6 Å². The summed E-state index contributed by atoms with van der Waals surface area (Å²) in [5.41, 5.74) is 2.53. The number of benzene rings is 1. The number of carbonyl (C=O) groups excluding carboxylic acids is 1. The number of carbonyl (C=O) groups is 1. The van der Waals surface area contributed by atoms with Gasteiger partial charge in [-0.15, -0.1) is 10.2 Å². The molecule has 144 valence electrons. The largest absolute Gasteiger partial charge is 0.497 e. The number of hydrogen-bond acceptors (Lipinski definition) is 6. The maximum atomic E-state index is 12.0. The first kappa shape index (κ1) is 19.5. The van der Waals surface area contributed by atoms with Crippen molar-refractivity contribution in [3.05, 3.63) is 47.4 Å². The third-order valence-electron chi connectivity index (χ3n) is 4.44. The van der Waals surface area contributed by atoms with E-state index in [4.69, 9.17) is 9.15 Å². The normalized spacial score (nSPS) is 13.9. The highest BCUT2D eigenvalue weighted by Gasteiger charge is 2.11. The molecular weight excluding hydrogens is 362 g/mol. The zero-order valence-electron chi connectivity index (χ0n) is 15.6. The highest BCUT2D eigenvalue weighted by atomic mass is 32.2. The Morgan fingerprint density at radius 1 is 1.26 bits per heavy atom. The van der Waals surface area contributed by atoms with Gasteiger partial charge < -0.3 is 14.5 Å². The second kappa shape index (κ2) is 10.2. The Morgan fingerprint density at radius 2 is 2.11 bits per heavy atom. The molecule has 27 heavy (non-hydrogen) atoms. The number of allylic oxidation sites excluding steroid dienone is 1. The summed E-state index contributed by atoms with van der Waals surface area (Å²) in [5.74, 6) is 1.62. The van der Waals surface area contributed by atoms with Crippen LogP contribution in [0.5, 0.6) is 5.75 Å². The van der Waals surface area contributed by atoms with E-state index < -0.39 is 0 Å². The van der Waals surface area contributed by atoms with Crippen LogP contribution >= 0.6 is 11.8 Å². The third-order valence-corrected chi connectivity index (χ3v) is 5.26. The van der Waals surface area contributed by atoms with Crippen LogP contribution in [-0.2, 0) is 11.2 Å². The quantitative estimate of drug-likeness (QED) is 0.521. The molecule has 0 bridgehead atoms. The number of rotatable bonds is 9. The maximum Gasteiger partial charge on any atom is 0.277 e. The molecule has 0 spiro atoms. The molecule has 0 unspecified atom stereocenters. The average Bonchev–Trinajstić information content (AvgIpc) is 3.15. The van der Waals surface area contributed by atoms with E-state index in [9.17, 15) is 4.79 Å². The first-order valence-electron chi connectivity index (χ1n) is 9.25. The number of amides is 1. The second-order valence-electron chi connectivity index (χ2n) is 6.48. The molecule has 1 N–H and O–H groups in total. The van der Waals surface area contributed by atoms with Gasteiger partial charge in [0.05, 0.1) is 19.3 Å². The molecule has 0 aliphatic heterocycles. The highest BCUT2D eigenvalue weighted by molar-refractivity contribution is 7.99. The molecule has 1 amide bonds. The molecule has 0 atom stereocenters. The highest BCUT2D eigenvalue weighted by Crippen LogP contribution is 2.20. The molecule has 0 saturated heterocycles. The minimum atomic E-state index is -0.00804. The van der Waals surface area contributed by atoms with Gasteiger partial charge in [0.25, 0.3) is 5.22 Å². The molecule has 1 aromatic carbocycles. The van der Waals surface area contributed by atoms with Crippen LogP contribution in [0.3, 0.4) is 0 Å². The molecule has 0 saturated carbocycles. The van der Waals surface area contributed by atoms with Gasteiger partial charge in [-0.1, -0.05) is 35.5 Å². The summed E-state index contributed by atoms with van der Waals surface area (Å²) < 4.78 is 10.8. The number of aromatic nitrogens is 2. The van der Waals surface area contributed by atoms with Gasteiger partial charge >= 0.3 is 0 Å². The Hall–Kier alpha value is -2.28. The van der Waals surface area contributed by atoms with Crippen molar-refractivity contribution in [2.45, 2.75) is 43.7 Å². The van der Waals surface area contributed by atoms with Crippen molar-refractivity contribution in [1.82, 2.24) is 15.5 Å². The lowest BCUT2D eigenvalue weighted by Crippen LogP contribution is -2.26. The van der Waals surface area contributed by atoms with Crippen LogP contribution in [-0.4, -0.2) is 35.5 Å². The summed E-state index contributed by atoms with van der Waals surface area (Å²) >= 11 is 1.27. The van der Waals surface area contributed by atoms with Gasteiger partial charge in [-0.25, -0.2) is 0 Å². The number of ether oxygens (including phenoxy) is 1.